The summed E-state index contributed by atoms with van der Waals surface area (Å²) in [6.45, 7) is 4.32. The van der Waals surface area contributed by atoms with Gasteiger partial charge in [0, 0.05) is 32.4 Å². The first kappa shape index (κ1) is 22.1. The van der Waals surface area contributed by atoms with E-state index in [1.807, 2.05) is 19.1 Å². The molecule has 0 saturated carbocycles. The molecule has 3 heterocycles. The lowest BCUT2D eigenvalue weighted by Gasteiger charge is -2.28. The Kier molecular flexibility index (Phi) is 6.64. The van der Waals surface area contributed by atoms with E-state index in [0.717, 1.165) is 29.9 Å². The molecule has 0 N–H and O–H groups in total. The number of para-hydroxylation sites is 2. The van der Waals surface area contributed by atoms with Crippen molar-refractivity contribution in [1.82, 2.24) is 19.4 Å². The minimum Gasteiger partial charge on any atom is -0.462 e. The normalized spacial score (nSPS) is 16.3. The Morgan fingerprint density at radius 3 is 2.66 bits per heavy atom. The number of carbonyl (C=O) groups is 1. The zero-order chi connectivity index (χ0) is 22.7. The zero-order valence-corrected chi connectivity index (χ0v) is 18.2. The molecule has 1 atom stereocenters. The molecular weight excluding hydrogens is 416 g/mol. The van der Waals surface area contributed by atoms with E-state index in [2.05, 4.69) is 19.8 Å². The largest absolute Gasteiger partial charge is 0.462 e. The number of nitrogens with zero attached hydrogens (tertiary/aromatic N) is 5. The molecule has 1 aliphatic heterocycles. The summed E-state index contributed by atoms with van der Waals surface area (Å²) < 4.78 is 33.8. The number of benzene rings is 1. The highest BCUT2D eigenvalue weighted by molar-refractivity contribution is 5.89. The summed E-state index contributed by atoms with van der Waals surface area (Å²) in [6, 6.07) is 10.3. The highest BCUT2D eigenvalue weighted by Gasteiger charge is 2.27. The molecule has 2 aromatic heterocycles. The van der Waals surface area contributed by atoms with E-state index in [4.69, 9.17) is 4.74 Å². The van der Waals surface area contributed by atoms with Gasteiger partial charge < -0.3 is 9.64 Å². The van der Waals surface area contributed by atoms with Crippen LogP contribution in [0.4, 0.5) is 14.6 Å². The van der Waals surface area contributed by atoms with Gasteiger partial charge in [-0.2, -0.15) is 8.78 Å². The average Bonchev–Trinajstić information content (AvgIpc) is 3.02. The van der Waals surface area contributed by atoms with Crippen LogP contribution in [0.15, 0.2) is 42.6 Å². The number of imidazole rings is 1. The van der Waals surface area contributed by atoms with Crippen LogP contribution in [-0.2, 0) is 4.74 Å². The molecule has 4 rings (SSSR count). The van der Waals surface area contributed by atoms with Crippen molar-refractivity contribution in [2.24, 2.45) is 0 Å². The molecule has 0 radical (unpaired) electrons. The number of hydrogen-bond donors (Lipinski definition) is 0. The number of alkyl halides is 2. The summed E-state index contributed by atoms with van der Waals surface area (Å²) in [5.41, 5.74) is 1.45. The molecule has 7 nitrogen and oxygen atoms in total. The highest BCUT2D eigenvalue weighted by atomic mass is 19.3. The second-order valence-corrected chi connectivity index (χ2v) is 7.78. The van der Waals surface area contributed by atoms with Gasteiger partial charge in [0.1, 0.15) is 11.6 Å². The van der Waals surface area contributed by atoms with Crippen molar-refractivity contribution in [3.63, 3.8) is 0 Å². The maximum Gasteiger partial charge on any atom is 0.339 e. The SMILES string of the molecule is CCOC(=O)c1ccc(N2CCCN(C(C)c3nc4ccccc4n3C(F)F)CC2)nc1. The quantitative estimate of drug-likeness (QED) is 0.530. The minimum atomic E-state index is -2.65. The van der Waals surface area contributed by atoms with Crippen LogP contribution in [0.5, 0.6) is 0 Å². The number of esters is 1. The van der Waals surface area contributed by atoms with E-state index >= 15 is 0 Å². The van der Waals surface area contributed by atoms with Crippen molar-refractivity contribution < 1.29 is 18.3 Å². The van der Waals surface area contributed by atoms with E-state index in [9.17, 15) is 13.6 Å². The van der Waals surface area contributed by atoms with Crippen molar-refractivity contribution in [2.45, 2.75) is 32.9 Å². The molecule has 0 aliphatic carbocycles. The van der Waals surface area contributed by atoms with Gasteiger partial charge in [-0.15, -0.1) is 0 Å². The standard InChI is InChI=1S/C23H27F2N5O2/c1-3-32-22(31)17-9-10-20(26-15-17)29-12-6-11-28(13-14-29)16(2)21-27-18-7-4-5-8-19(18)30(21)23(24)25/h4-5,7-10,15-16,23H,3,6,11-14H2,1-2H3. The van der Waals surface area contributed by atoms with E-state index < -0.39 is 6.55 Å². The van der Waals surface area contributed by atoms with Crippen LogP contribution < -0.4 is 4.90 Å². The maximum atomic E-state index is 13.9. The number of halogens is 2. The Morgan fingerprint density at radius 1 is 1.12 bits per heavy atom. The van der Waals surface area contributed by atoms with Crippen molar-refractivity contribution >= 4 is 22.8 Å². The van der Waals surface area contributed by atoms with Gasteiger partial charge in [0.15, 0.2) is 0 Å². The first-order valence-corrected chi connectivity index (χ1v) is 10.9. The Morgan fingerprint density at radius 2 is 1.94 bits per heavy atom. The lowest BCUT2D eigenvalue weighted by Crippen LogP contribution is -2.34. The van der Waals surface area contributed by atoms with E-state index in [-0.39, 0.29) is 12.0 Å². The molecule has 0 amide bonds. The number of fused-ring (bicyclic) bond motifs is 1. The Hall–Kier alpha value is -3.07. The van der Waals surface area contributed by atoms with Gasteiger partial charge >= 0.3 is 12.5 Å². The van der Waals surface area contributed by atoms with Crippen molar-refractivity contribution in [3.05, 3.63) is 54.0 Å². The number of hydrogen-bond acceptors (Lipinski definition) is 6. The summed E-state index contributed by atoms with van der Waals surface area (Å²) >= 11 is 0. The molecule has 1 fully saturated rings. The van der Waals surface area contributed by atoms with E-state index in [1.54, 1.807) is 31.2 Å². The molecule has 170 valence electrons. The smallest absolute Gasteiger partial charge is 0.339 e. The van der Waals surface area contributed by atoms with Crippen LogP contribution in [-0.4, -0.2) is 58.2 Å². The van der Waals surface area contributed by atoms with Crippen LogP contribution in [0.2, 0.25) is 0 Å². The summed E-state index contributed by atoms with van der Waals surface area (Å²) in [7, 11) is 0. The van der Waals surface area contributed by atoms with Gasteiger partial charge in [-0.05, 0) is 44.5 Å². The van der Waals surface area contributed by atoms with Crippen molar-refractivity contribution in [3.8, 4) is 0 Å². The van der Waals surface area contributed by atoms with Gasteiger partial charge in [-0.25, -0.2) is 14.8 Å². The summed E-state index contributed by atoms with van der Waals surface area (Å²) in [6.07, 6.45) is 2.39. The fourth-order valence-corrected chi connectivity index (χ4v) is 4.19. The first-order chi connectivity index (χ1) is 15.5. The van der Waals surface area contributed by atoms with Gasteiger partial charge in [0.25, 0.3) is 0 Å². The molecule has 1 unspecified atom stereocenters. The van der Waals surface area contributed by atoms with Gasteiger partial charge in [0.05, 0.1) is 29.2 Å². The van der Waals surface area contributed by atoms with Crippen LogP contribution in [0.1, 0.15) is 49.0 Å². The molecule has 1 aliphatic rings. The molecule has 1 aromatic carbocycles. The fourth-order valence-electron chi connectivity index (χ4n) is 4.19. The number of carbonyl (C=O) groups excluding carboxylic acids is 1. The monoisotopic (exact) mass is 443 g/mol. The number of rotatable bonds is 6. The van der Waals surface area contributed by atoms with Crippen LogP contribution >= 0.6 is 0 Å². The molecular formula is C23H27F2N5O2. The number of anilines is 1. The van der Waals surface area contributed by atoms with Crippen LogP contribution in [0, 0.1) is 0 Å². The lowest BCUT2D eigenvalue weighted by molar-refractivity contribution is 0.0525. The number of pyridine rings is 1. The maximum absolute atomic E-state index is 13.9. The predicted molar refractivity (Wildman–Crippen MR) is 118 cm³/mol. The second kappa shape index (κ2) is 9.60. The third kappa shape index (κ3) is 4.43. The summed E-state index contributed by atoms with van der Waals surface area (Å²) in [5, 5.41) is 0. The lowest BCUT2D eigenvalue weighted by atomic mass is 10.2. The molecule has 32 heavy (non-hydrogen) atoms. The average molecular weight is 443 g/mol. The summed E-state index contributed by atoms with van der Waals surface area (Å²) in [4.78, 5) is 25.1. The number of aromatic nitrogens is 3. The molecule has 9 heteroatoms. The first-order valence-electron chi connectivity index (χ1n) is 10.9. The van der Waals surface area contributed by atoms with Crippen molar-refractivity contribution in [2.75, 3.05) is 37.7 Å². The topological polar surface area (TPSA) is 63.5 Å². The second-order valence-electron chi connectivity index (χ2n) is 7.78. The zero-order valence-electron chi connectivity index (χ0n) is 18.2. The van der Waals surface area contributed by atoms with E-state index in [1.165, 1.54) is 6.20 Å². The Bertz CT molecular complexity index is 1070. The Labute approximate surface area is 185 Å². The van der Waals surface area contributed by atoms with Crippen LogP contribution in [0.25, 0.3) is 11.0 Å². The highest BCUT2D eigenvalue weighted by Crippen LogP contribution is 2.30. The van der Waals surface area contributed by atoms with Gasteiger partial charge in [-0.1, -0.05) is 12.1 Å². The molecule has 0 spiro atoms. The van der Waals surface area contributed by atoms with E-state index in [0.29, 0.717) is 42.1 Å². The summed E-state index contributed by atoms with van der Waals surface area (Å²) in [5.74, 6) is 0.781. The van der Waals surface area contributed by atoms with Gasteiger partial charge in [-0.3, -0.25) is 9.47 Å². The van der Waals surface area contributed by atoms with Gasteiger partial charge in [0.2, 0.25) is 0 Å². The molecule has 3 aromatic rings. The predicted octanol–water partition coefficient (Wildman–Crippen LogP) is 4.28. The minimum absolute atomic E-state index is 0.254. The fraction of sp³-hybridized carbons (Fsp3) is 0.435. The van der Waals surface area contributed by atoms with Crippen LogP contribution in [0.3, 0.4) is 0 Å². The molecule has 0 bridgehead atoms. The third-order valence-corrected chi connectivity index (χ3v) is 5.85. The number of ether oxygens (including phenoxy) is 1. The Balaban J connectivity index is 1.48. The third-order valence-electron chi connectivity index (χ3n) is 5.85. The molecule has 1 saturated heterocycles. The van der Waals surface area contributed by atoms with Crippen molar-refractivity contribution in [1.29, 1.82) is 0 Å².